The number of halogens is 3. The third-order valence-electron chi connectivity index (χ3n) is 3.88. The van der Waals surface area contributed by atoms with Crippen LogP contribution in [0.3, 0.4) is 0 Å². The predicted octanol–water partition coefficient (Wildman–Crippen LogP) is 2.51. The lowest BCUT2D eigenvalue weighted by Gasteiger charge is -2.32. The number of benzene rings is 1. The number of thiocarbonyl (C=S) groups is 1. The first-order valence-corrected chi connectivity index (χ1v) is 8.54. The van der Waals surface area contributed by atoms with Gasteiger partial charge in [0, 0.05) is 38.4 Å². The molecule has 5 nitrogen and oxygen atoms in total. The van der Waals surface area contributed by atoms with Gasteiger partial charge in [-0.15, -0.1) is 13.2 Å². The number of anilines is 1. The summed E-state index contributed by atoms with van der Waals surface area (Å²) >= 11 is 5.19. The van der Waals surface area contributed by atoms with Gasteiger partial charge in [-0.1, -0.05) is 0 Å². The van der Waals surface area contributed by atoms with E-state index < -0.39 is 6.36 Å². The largest absolute Gasteiger partial charge is 0.573 e. The quantitative estimate of drug-likeness (QED) is 0.587. The molecule has 0 aliphatic carbocycles. The monoisotopic (exact) mass is 376 g/mol. The second-order valence-corrected chi connectivity index (χ2v) is 6.36. The van der Waals surface area contributed by atoms with Crippen LogP contribution >= 0.6 is 12.2 Å². The molecule has 9 heteroatoms. The van der Waals surface area contributed by atoms with Gasteiger partial charge in [-0.3, -0.25) is 0 Å². The Labute approximate surface area is 151 Å². The topological polar surface area (TPSA) is 39.8 Å². The van der Waals surface area contributed by atoms with Crippen LogP contribution in [0.2, 0.25) is 0 Å². The molecule has 0 amide bonds. The highest BCUT2D eigenvalue weighted by molar-refractivity contribution is 7.80. The van der Waals surface area contributed by atoms with Crippen LogP contribution < -0.4 is 15.4 Å². The van der Waals surface area contributed by atoms with Gasteiger partial charge < -0.3 is 25.2 Å². The van der Waals surface area contributed by atoms with Gasteiger partial charge in [0.25, 0.3) is 0 Å². The van der Waals surface area contributed by atoms with Gasteiger partial charge in [-0.25, -0.2) is 0 Å². The lowest BCUT2D eigenvalue weighted by atomic mass is 10.3. The minimum Gasteiger partial charge on any atom is -0.406 e. The Morgan fingerprint density at radius 1 is 1.16 bits per heavy atom. The smallest absolute Gasteiger partial charge is 0.406 e. The summed E-state index contributed by atoms with van der Waals surface area (Å²) in [5.41, 5.74) is 0.603. The summed E-state index contributed by atoms with van der Waals surface area (Å²) in [6.45, 7) is 6.14. The molecule has 0 bridgehead atoms. The van der Waals surface area contributed by atoms with E-state index >= 15 is 0 Å². The summed E-state index contributed by atoms with van der Waals surface area (Å²) in [6.07, 6.45) is -3.71. The maximum atomic E-state index is 12.1. The minimum atomic E-state index is -4.68. The zero-order chi connectivity index (χ0) is 18.3. The molecule has 1 heterocycles. The number of nitrogens with one attached hydrogen (secondary N) is 2. The molecular weight excluding hydrogens is 353 g/mol. The van der Waals surface area contributed by atoms with Crippen molar-refractivity contribution in [1.29, 1.82) is 0 Å². The van der Waals surface area contributed by atoms with E-state index in [1.165, 1.54) is 24.3 Å². The predicted molar refractivity (Wildman–Crippen MR) is 95.9 cm³/mol. The highest BCUT2D eigenvalue weighted by Crippen LogP contribution is 2.23. The summed E-state index contributed by atoms with van der Waals surface area (Å²) in [4.78, 5) is 4.75. The Morgan fingerprint density at radius 2 is 1.80 bits per heavy atom. The number of hydrogen-bond acceptors (Lipinski definition) is 4. The van der Waals surface area contributed by atoms with Crippen LogP contribution in [0.25, 0.3) is 0 Å². The maximum absolute atomic E-state index is 12.1. The Hall–Kier alpha value is -1.58. The minimum absolute atomic E-state index is 0.260. The molecule has 0 atom stereocenters. The van der Waals surface area contributed by atoms with Crippen molar-refractivity contribution in [1.82, 2.24) is 15.1 Å². The lowest BCUT2D eigenvalue weighted by molar-refractivity contribution is -0.274. The third kappa shape index (κ3) is 7.89. The number of alkyl halides is 3. The molecule has 0 spiro atoms. The van der Waals surface area contributed by atoms with Gasteiger partial charge in [0.05, 0.1) is 0 Å². The van der Waals surface area contributed by atoms with E-state index in [1.54, 1.807) is 0 Å². The van der Waals surface area contributed by atoms with E-state index in [2.05, 4.69) is 32.2 Å². The average molecular weight is 376 g/mol. The maximum Gasteiger partial charge on any atom is 0.573 e. The van der Waals surface area contributed by atoms with Crippen molar-refractivity contribution in [2.75, 3.05) is 51.6 Å². The van der Waals surface area contributed by atoms with Crippen LogP contribution in [-0.2, 0) is 0 Å². The Kier molecular flexibility index (Phi) is 7.27. The molecule has 1 aliphatic heterocycles. The van der Waals surface area contributed by atoms with Crippen molar-refractivity contribution in [2.45, 2.75) is 12.8 Å². The molecule has 2 rings (SSSR count). The highest BCUT2D eigenvalue weighted by Gasteiger charge is 2.30. The van der Waals surface area contributed by atoms with Gasteiger partial charge in [0.1, 0.15) is 5.75 Å². The van der Waals surface area contributed by atoms with Gasteiger partial charge in [-0.2, -0.15) is 0 Å². The van der Waals surface area contributed by atoms with Crippen molar-refractivity contribution in [3.63, 3.8) is 0 Å². The molecule has 1 fully saturated rings. The van der Waals surface area contributed by atoms with E-state index in [1.807, 2.05) is 0 Å². The summed E-state index contributed by atoms with van der Waals surface area (Å²) in [5, 5.41) is 6.49. The van der Waals surface area contributed by atoms with E-state index in [0.717, 1.165) is 45.7 Å². The second-order valence-electron chi connectivity index (χ2n) is 5.95. The molecule has 25 heavy (non-hydrogen) atoms. The third-order valence-corrected chi connectivity index (χ3v) is 4.12. The number of likely N-dealkylation sites (N-methyl/N-ethyl adjacent to an activating group) is 1. The molecule has 1 aromatic rings. The molecular formula is C16H23F3N4OS. The van der Waals surface area contributed by atoms with Gasteiger partial charge in [0.2, 0.25) is 0 Å². The molecule has 2 N–H and O–H groups in total. The zero-order valence-electron chi connectivity index (χ0n) is 14.1. The van der Waals surface area contributed by atoms with Crippen molar-refractivity contribution >= 4 is 23.0 Å². The average Bonchev–Trinajstić information content (AvgIpc) is 2.54. The standard InChI is InChI=1S/C16H23F3N4OS/c1-22-9-11-23(12-10-22)8-2-7-20-15(25)21-13-3-5-14(6-4-13)24-16(17,18)19/h3-6H,2,7-12H2,1H3,(H2,20,21,25). The first-order chi connectivity index (χ1) is 11.8. The van der Waals surface area contributed by atoms with E-state index in [9.17, 15) is 13.2 Å². The lowest BCUT2D eigenvalue weighted by Crippen LogP contribution is -2.45. The molecule has 0 saturated carbocycles. The fourth-order valence-electron chi connectivity index (χ4n) is 2.49. The van der Waals surface area contributed by atoms with Crippen molar-refractivity contribution in [3.8, 4) is 5.75 Å². The van der Waals surface area contributed by atoms with Crippen LogP contribution in [0.5, 0.6) is 5.75 Å². The number of nitrogens with zero attached hydrogens (tertiary/aromatic N) is 2. The van der Waals surface area contributed by atoms with E-state index in [4.69, 9.17) is 12.2 Å². The van der Waals surface area contributed by atoms with Crippen molar-refractivity contribution in [3.05, 3.63) is 24.3 Å². The number of piperazine rings is 1. The normalized spacial score (nSPS) is 16.5. The number of rotatable bonds is 6. The van der Waals surface area contributed by atoms with Crippen molar-refractivity contribution in [2.24, 2.45) is 0 Å². The fourth-order valence-corrected chi connectivity index (χ4v) is 2.71. The first kappa shape index (κ1) is 19.7. The van der Waals surface area contributed by atoms with Crippen LogP contribution in [-0.4, -0.2) is 67.6 Å². The van der Waals surface area contributed by atoms with Gasteiger partial charge >= 0.3 is 6.36 Å². The second kappa shape index (κ2) is 9.21. The molecule has 0 aromatic heterocycles. The molecule has 1 aliphatic rings. The Morgan fingerprint density at radius 3 is 2.40 bits per heavy atom. The summed E-state index contributed by atoms with van der Waals surface area (Å²) in [6, 6.07) is 5.45. The molecule has 0 unspecified atom stereocenters. The molecule has 1 aromatic carbocycles. The molecule has 0 radical (unpaired) electrons. The molecule has 1 saturated heterocycles. The van der Waals surface area contributed by atoms with Crippen LogP contribution in [0.4, 0.5) is 18.9 Å². The van der Waals surface area contributed by atoms with Crippen LogP contribution in [0, 0.1) is 0 Å². The zero-order valence-corrected chi connectivity index (χ0v) is 14.9. The SMILES string of the molecule is CN1CCN(CCCNC(=S)Nc2ccc(OC(F)(F)F)cc2)CC1. The summed E-state index contributed by atoms with van der Waals surface area (Å²) in [5.74, 6) is -0.260. The summed E-state index contributed by atoms with van der Waals surface area (Å²) < 4.78 is 40.1. The van der Waals surface area contributed by atoms with E-state index in [-0.39, 0.29) is 5.75 Å². The Balaban J connectivity index is 1.63. The number of hydrogen-bond donors (Lipinski definition) is 2. The van der Waals surface area contributed by atoms with Gasteiger partial charge in [-0.05, 0) is 56.5 Å². The fraction of sp³-hybridized carbons (Fsp3) is 0.562. The van der Waals surface area contributed by atoms with Crippen LogP contribution in [0.1, 0.15) is 6.42 Å². The first-order valence-electron chi connectivity index (χ1n) is 8.13. The Bertz CT molecular complexity index is 545. The highest BCUT2D eigenvalue weighted by atomic mass is 32.1. The summed E-state index contributed by atoms with van der Waals surface area (Å²) in [7, 11) is 2.13. The van der Waals surface area contributed by atoms with Gasteiger partial charge in [0.15, 0.2) is 5.11 Å². The molecule has 140 valence electrons. The van der Waals surface area contributed by atoms with Crippen molar-refractivity contribution < 1.29 is 17.9 Å². The van der Waals surface area contributed by atoms with Crippen LogP contribution in [0.15, 0.2) is 24.3 Å². The number of ether oxygens (including phenoxy) is 1. The van der Waals surface area contributed by atoms with E-state index in [0.29, 0.717) is 10.8 Å².